The topological polar surface area (TPSA) is 81.5 Å². The number of halogens is 4. The van der Waals surface area contributed by atoms with Gasteiger partial charge in [-0.1, -0.05) is 0 Å². The summed E-state index contributed by atoms with van der Waals surface area (Å²) in [5.41, 5.74) is -1.58. The third kappa shape index (κ3) is 2.76. The zero-order valence-electron chi connectivity index (χ0n) is 18.0. The minimum atomic E-state index is -5.19. The van der Waals surface area contributed by atoms with E-state index in [4.69, 9.17) is 8.85 Å². The van der Waals surface area contributed by atoms with E-state index in [1.54, 1.807) is 6.07 Å². The van der Waals surface area contributed by atoms with Crippen LogP contribution in [0.4, 0.5) is 17.6 Å². The van der Waals surface area contributed by atoms with E-state index in [9.17, 15) is 17.6 Å². The number of fused-ring (bicyclic) bond motifs is 2. The number of alkyl halides is 3. The Bertz CT molecular complexity index is 1330. The Morgan fingerprint density at radius 2 is 2.10 bits per heavy atom. The second kappa shape index (κ2) is 6.33. The van der Waals surface area contributed by atoms with Crippen LogP contribution < -0.4 is 0 Å². The second-order valence-corrected chi connectivity index (χ2v) is 6.79. The first-order valence-corrected chi connectivity index (χ1v) is 8.72. The zero-order valence-corrected chi connectivity index (χ0v) is 15.0. The van der Waals surface area contributed by atoms with Crippen molar-refractivity contribution in [2.45, 2.75) is 31.8 Å². The molecule has 154 valence electrons. The Kier molecular flexibility index (Phi) is 3.27. The highest BCUT2D eigenvalue weighted by Gasteiger charge is 2.55. The van der Waals surface area contributed by atoms with Crippen LogP contribution in [0, 0.1) is 5.82 Å². The van der Waals surface area contributed by atoms with Gasteiger partial charge in [0.15, 0.2) is 11.2 Å². The van der Waals surface area contributed by atoms with Crippen molar-refractivity contribution in [1.29, 1.82) is 0 Å². The molecule has 0 saturated heterocycles. The van der Waals surface area contributed by atoms with Crippen LogP contribution in [0.1, 0.15) is 16.7 Å². The Morgan fingerprint density at radius 3 is 2.83 bits per heavy atom. The molecule has 0 fully saturated rings. The molecule has 5 heterocycles. The van der Waals surface area contributed by atoms with Crippen molar-refractivity contribution in [3.8, 4) is 22.5 Å². The molecule has 0 bridgehead atoms. The number of hydrogen-bond acceptors (Lipinski definition) is 5. The average molecular weight is 421 g/mol. The fraction of sp³-hybridized carbons (Fsp3) is 0.263. The van der Waals surface area contributed by atoms with Gasteiger partial charge in [-0.25, -0.2) is 9.37 Å². The maximum atomic E-state index is 13.9. The Morgan fingerprint density at radius 1 is 1.23 bits per heavy atom. The summed E-state index contributed by atoms with van der Waals surface area (Å²) in [6.07, 6.45) is -1.26. The predicted molar refractivity (Wildman–Crippen MR) is 97.5 cm³/mol. The average Bonchev–Trinajstić information content (AvgIpc) is 3.36. The maximum Gasteiger partial charge on any atom is 0.419 e. The lowest BCUT2D eigenvalue weighted by Gasteiger charge is -2.36. The highest BCUT2D eigenvalue weighted by atomic mass is 19.4. The number of H-pyrrole nitrogens is 1. The van der Waals surface area contributed by atoms with Crippen molar-refractivity contribution in [1.82, 2.24) is 29.9 Å². The number of pyridine rings is 2. The van der Waals surface area contributed by atoms with E-state index in [0.29, 0.717) is 22.2 Å². The van der Waals surface area contributed by atoms with Crippen LogP contribution in [0.15, 0.2) is 36.8 Å². The number of ether oxygens (including phenoxy) is 1. The monoisotopic (exact) mass is 421 g/mol. The van der Waals surface area contributed by atoms with Gasteiger partial charge in [-0.05, 0) is 25.1 Å². The first-order chi connectivity index (χ1) is 15.5. The van der Waals surface area contributed by atoms with Gasteiger partial charge in [0, 0.05) is 26.8 Å². The van der Waals surface area contributed by atoms with Crippen molar-refractivity contribution in [2.24, 2.45) is 0 Å². The number of aromatic amines is 1. The molecule has 30 heavy (non-hydrogen) atoms. The minimum absolute atomic E-state index is 0.144. The number of nitrogens with zero attached hydrogens (tertiary/aromatic N) is 5. The van der Waals surface area contributed by atoms with Crippen LogP contribution in [0.5, 0.6) is 0 Å². The molecule has 0 amide bonds. The normalized spacial score (nSPS) is 21.1. The van der Waals surface area contributed by atoms with E-state index < -0.39 is 37.6 Å². The molecule has 1 N–H and O–H groups in total. The zero-order chi connectivity index (χ0) is 23.6. The summed E-state index contributed by atoms with van der Waals surface area (Å²) in [4.78, 5) is 8.18. The highest BCUT2D eigenvalue weighted by Crippen LogP contribution is 2.43. The van der Waals surface area contributed by atoms with Crippen molar-refractivity contribution in [2.75, 3.05) is 0 Å². The molecule has 1 aliphatic rings. The van der Waals surface area contributed by atoms with Crippen molar-refractivity contribution in [3.63, 3.8) is 0 Å². The molecule has 0 unspecified atom stereocenters. The quantitative estimate of drug-likeness (QED) is 0.497. The van der Waals surface area contributed by atoms with Crippen LogP contribution in [0.2, 0.25) is 0 Å². The highest BCUT2D eigenvalue weighted by molar-refractivity contribution is 5.97. The van der Waals surface area contributed by atoms with Gasteiger partial charge in [0.25, 0.3) is 0 Å². The molecule has 11 heteroatoms. The van der Waals surface area contributed by atoms with E-state index in [2.05, 4.69) is 25.3 Å². The lowest BCUT2D eigenvalue weighted by molar-refractivity contribution is -0.287. The number of rotatable bonds is 2. The molecule has 5 rings (SSSR count). The Balaban J connectivity index is 1.77. The van der Waals surface area contributed by atoms with Crippen LogP contribution in [0.25, 0.3) is 33.5 Å². The summed E-state index contributed by atoms with van der Waals surface area (Å²) in [5, 5.41) is 11.5. The molecule has 1 atom stereocenters. The first-order valence-electron chi connectivity index (χ1n) is 10.2. The number of nitrogens with one attached hydrogen (secondary N) is 1. The van der Waals surface area contributed by atoms with Gasteiger partial charge in [0.05, 0.1) is 36.9 Å². The smallest absolute Gasteiger partial charge is 0.358 e. The summed E-state index contributed by atoms with van der Waals surface area (Å²) >= 11 is 0. The molecule has 0 radical (unpaired) electrons. The Hall–Kier alpha value is -3.34. The number of hydrogen-bond donors (Lipinski definition) is 1. The summed E-state index contributed by atoms with van der Waals surface area (Å²) in [6.45, 7) is -5.27. The summed E-state index contributed by atoms with van der Waals surface area (Å²) in [5.74, 6) is -0.604. The molecule has 0 spiro atoms. The molecule has 0 saturated carbocycles. The fourth-order valence-electron chi connectivity index (χ4n) is 3.44. The maximum absolute atomic E-state index is 13.9. The van der Waals surface area contributed by atoms with E-state index in [0.717, 1.165) is 16.9 Å². The van der Waals surface area contributed by atoms with Crippen molar-refractivity contribution >= 4 is 11.0 Å². The van der Waals surface area contributed by atoms with E-state index >= 15 is 0 Å². The van der Waals surface area contributed by atoms with Gasteiger partial charge in [-0.15, -0.1) is 0 Å². The fourth-order valence-corrected chi connectivity index (χ4v) is 3.44. The van der Waals surface area contributed by atoms with E-state index in [-0.39, 0.29) is 17.1 Å². The van der Waals surface area contributed by atoms with Crippen LogP contribution >= 0.6 is 0 Å². The van der Waals surface area contributed by atoms with Gasteiger partial charge < -0.3 is 4.74 Å². The van der Waals surface area contributed by atoms with Crippen molar-refractivity contribution < 1.29 is 26.4 Å². The molecule has 1 aliphatic heterocycles. The largest absolute Gasteiger partial charge is 0.419 e. The van der Waals surface area contributed by atoms with E-state index in [1.165, 1.54) is 18.5 Å². The van der Waals surface area contributed by atoms with Crippen molar-refractivity contribution in [3.05, 3.63) is 48.3 Å². The molecular weight excluding hydrogens is 404 g/mol. The third-order valence-electron chi connectivity index (χ3n) is 4.94. The molecular formula is C19H14F4N6O. The van der Waals surface area contributed by atoms with Gasteiger partial charge in [0.1, 0.15) is 11.5 Å². The van der Waals surface area contributed by atoms with Crippen LogP contribution in [-0.4, -0.2) is 41.7 Å². The molecule has 0 aromatic carbocycles. The lowest BCUT2D eigenvalue weighted by atomic mass is 9.98. The summed E-state index contributed by atoms with van der Waals surface area (Å²) < 4.78 is 84.0. The third-order valence-corrected chi connectivity index (χ3v) is 4.94. The van der Waals surface area contributed by atoms with E-state index in [1.807, 2.05) is 0 Å². The Labute approximate surface area is 170 Å². The summed E-state index contributed by atoms with van der Waals surface area (Å²) in [6, 6.07) is 4.10. The molecule has 0 aliphatic carbocycles. The molecule has 4 aromatic heterocycles. The predicted octanol–water partition coefficient (Wildman–Crippen LogP) is 3.87. The van der Waals surface area contributed by atoms with Crippen LogP contribution in [0.3, 0.4) is 0 Å². The van der Waals surface area contributed by atoms with Gasteiger partial charge in [-0.3, -0.25) is 14.8 Å². The van der Waals surface area contributed by atoms with Crippen LogP contribution in [-0.2, 0) is 17.9 Å². The standard InChI is InChI=1S/C19H14F4N6O/c1-18(19(21,22)23)9-29-14(8-30-18)15(11-4-5-24-17-12(11)7-26-27-17)16(28-29)13-3-2-10(20)6-25-13/h2-7H,8-9H2,1H3,(H,24,26,27)/t18-/m1/s1/i1D3. The van der Waals surface area contributed by atoms with Gasteiger partial charge >= 0.3 is 6.18 Å². The minimum Gasteiger partial charge on any atom is -0.358 e. The lowest BCUT2D eigenvalue weighted by Crippen LogP contribution is -2.51. The number of aromatic nitrogens is 6. The molecule has 4 aromatic rings. The second-order valence-electron chi connectivity index (χ2n) is 6.79. The molecule has 7 nitrogen and oxygen atoms in total. The van der Waals surface area contributed by atoms with Gasteiger partial charge in [-0.2, -0.15) is 23.4 Å². The first kappa shape index (κ1) is 15.5. The summed E-state index contributed by atoms with van der Waals surface area (Å²) in [7, 11) is 0. The van der Waals surface area contributed by atoms with Gasteiger partial charge in [0.2, 0.25) is 0 Å². The SMILES string of the molecule is [2H]C([2H])([2H])[C@]1(C(F)(F)F)Cn2nc(-c3ccc(F)cn3)c(-c3ccnc4[nH]ncc34)c2CO1.